The first-order valence-electron chi connectivity index (χ1n) is 7.26. The number of hydrogen-bond acceptors (Lipinski definition) is 2. The van der Waals surface area contributed by atoms with Gasteiger partial charge in [-0.25, -0.2) is 4.39 Å². The molecule has 1 aliphatic rings. The van der Waals surface area contributed by atoms with Gasteiger partial charge in [-0.1, -0.05) is 25.1 Å². The van der Waals surface area contributed by atoms with E-state index in [2.05, 4.69) is 19.2 Å². The zero-order chi connectivity index (χ0) is 13.7. The second-order valence-electron chi connectivity index (χ2n) is 5.57. The summed E-state index contributed by atoms with van der Waals surface area (Å²) < 4.78 is 14.1. The van der Waals surface area contributed by atoms with Gasteiger partial charge in [-0.15, -0.1) is 0 Å². The van der Waals surface area contributed by atoms with E-state index < -0.39 is 0 Å². The molecule has 1 aliphatic heterocycles. The maximum atomic E-state index is 13.8. The van der Waals surface area contributed by atoms with E-state index in [1.54, 1.807) is 12.1 Å². The average Bonchev–Trinajstić information content (AvgIpc) is 2.84. The van der Waals surface area contributed by atoms with Crippen LogP contribution < -0.4 is 5.32 Å². The second-order valence-corrected chi connectivity index (χ2v) is 7.20. The summed E-state index contributed by atoms with van der Waals surface area (Å²) in [6.45, 7) is 5.52. The molecule has 2 unspecified atom stereocenters. The monoisotopic (exact) mass is 281 g/mol. The SMILES string of the molecule is CCCNC(Cc1ccccc1F)C1(C)CCCS1. The maximum Gasteiger partial charge on any atom is 0.126 e. The minimum absolute atomic E-state index is 0.0719. The van der Waals surface area contributed by atoms with E-state index in [4.69, 9.17) is 0 Å². The second kappa shape index (κ2) is 6.76. The van der Waals surface area contributed by atoms with Gasteiger partial charge in [-0.05, 0) is 56.5 Å². The third kappa shape index (κ3) is 3.73. The third-order valence-electron chi connectivity index (χ3n) is 4.01. The zero-order valence-corrected chi connectivity index (χ0v) is 12.7. The highest BCUT2D eigenvalue weighted by Gasteiger charge is 2.37. The molecule has 0 aromatic heterocycles. The zero-order valence-electron chi connectivity index (χ0n) is 11.9. The highest BCUT2D eigenvalue weighted by Crippen LogP contribution is 2.41. The molecule has 1 nitrogen and oxygen atoms in total. The maximum absolute atomic E-state index is 13.8. The van der Waals surface area contributed by atoms with E-state index in [1.807, 2.05) is 23.9 Å². The Morgan fingerprint density at radius 3 is 2.84 bits per heavy atom. The molecule has 0 saturated carbocycles. The van der Waals surface area contributed by atoms with Gasteiger partial charge in [0, 0.05) is 10.8 Å². The Balaban J connectivity index is 2.11. The quantitative estimate of drug-likeness (QED) is 0.845. The van der Waals surface area contributed by atoms with Crippen molar-refractivity contribution in [2.24, 2.45) is 0 Å². The Hall–Kier alpha value is -0.540. The Morgan fingerprint density at radius 2 is 2.21 bits per heavy atom. The summed E-state index contributed by atoms with van der Waals surface area (Å²) in [6.07, 6.45) is 4.42. The molecule has 106 valence electrons. The van der Waals surface area contributed by atoms with Crippen molar-refractivity contribution in [3.8, 4) is 0 Å². The van der Waals surface area contributed by atoms with Crippen LogP contribution in [0.3, 0.4) is 0 Å². The van der Waals surface area contributed by atoms with Crippen molar-refractivity contribution in [1.29, 1.82) is 0 Å². The first-order valence-corrected chi connectivity index (χ1v) is 8.25. The normalized spacial score (nSPS) is 24.6. The third-order valence-corrected chi connectivity index (χ3v) is 5.65. The first kappa shape index (κ1) is 14.9. The van der Waals surface area contributed by atoms with Crippen molar-refractivity contribution in [3.63, 3.8) is 0 Å². The number of hydrogen-bond donors (Lipinski definition) is 1. The fourth-order valence-electron chi connectivity index (χ4n) is 2.78. The van der Waals surface area contributed by atoms with Gasteiger partial charge in [-0.2, -0.15) is 11.8 Å². The van der Waals surface area contributed by atoms with E-state index in [0.717, 1.165) is 24.9 Å². The van der Waals surface area contributed by atoms with E-state index in [-0.39, 0.29) is 10.6 Å². The van der Waals surface area contributed by atoms with Crippen molar-refractivity contribution in [2.75, 3.05) is 12.3 Å². The predicted molar refractivity (Wildman–Crippen MR) is 82.3 cm³/mol. The van der Waals surface area contributed by atoms with Gasteiger partial charge in [0.05, 0.1) is 0 Å². The number of nitrogens with one attached hydrogen (secondary N) is 1. The van der Waals surface area contributed by atoms with Crippen LogP contribution >= 0.6 is 11.8 Å². The molecule has 1 aromatic carbocycles. The van der Waals surface area contributed by atoms with E-state index in [9.17, 15) is 4.39 Å². The van der Waals surface area contributed by atoms with Gasteiger partial charge in [0.1, 0.15) is 5.82 Å². The van der Waals surface area contributed by atoms with Crippen LogP contribution in [-0.2, 0) is 6.42 Å². The van der Waals surface area contributed by atoms with Gasteiger partial charge >= 0.3 is 0 Å². The lowest BCUT2D eigenvalue weighted by atomic mass is 9.90. The predicted octanol–water partition coefficient (Wildman–Crippen LogP) is 4.02. The summed E-state index contributed by atoms with van der Waals surface area (Å²) in [5.41, 5.74) is 0.838. The summed E-state index contributed by atoms with van der Waals surface area (Å²) in [6, 6.07) is 7.53. The minimum atomic E-state index is -0.0719. The number of benzene rings is 1. The summed E-state index contributed by atoms with van der Waals surface area (Å²) in [7, 11) is 0. The molecule has 1 fully saturated rings. The lowest BCUT2D eigenvalue weighted by Crippen LogP contribution is -2.47. The van der Waals surface area contributed by atoms with Crippen molar-refractivity contribution >= 4 is 11.8 Å². The molecule has 1 N–H and O–H groups in total. The van der Waals surface area contributed by atoms with Crippen molar-refractivity contribution in [2.45, 2.75) is 50.3 Å². The number of thioether (sulfide) groups is 1. The molecular weight excluding hydrogens is 257 g/mol. The smallest absolute Gasteiger partial charge is 0.126 e. The van der Waals surface area contributed by atoms with Gasteiger partial charge in [0.25, 0.3) is 0 Å². The fraction of sp³-hybridized carbons (Fsp3) is 0.625. The largest absolute Gasteiger partial charge is 0.312 e. The summed E-state index contributed by atoms with van der Waals surface area (Å²) in [4.78, 5) is 0. The Bertz CT molecular complexity index is 401. The van der Waals surface area contributed by atoms with Crippen molar-refractivity contribution < 1.29 is 4.39 Å². The van der Waals surface area contributed by atoms with E-state index in [0.29, 0.717) is 6.04 Å². The van der Waals surface area contributed by atoms with Crippen LogP contribution in [0, 0.1) is 5.82 Å². The summed E-state index contributed by atoms with van der Waals surface area (Å²) in [5, 5.41) is 3.64. The van der Waals surface area contributed by atoms with Gasteiger partial charge in [0.2, 0.25) is 0 Å². The molecule has 1 heterocycles. The standard InChI is InChI=1S/C16H24FNS/c1-3-10-18-15(16(2)9-6-11-19-16)12-13-7-4-5-8-14(13)17/h4-5,7-8,15,18H,3,6,9-12H2,1-2H3. The Labute approximate surface area is 120 Å². The highest BCUT2D eigenvalue weighted by atomic mass is 32.2. The van der Waals surface area contributed by atoms with E-state index in [1.165, 1.54) is 18.6 Å². The first-order chi connectivity index (χ1) is 9.15. The summed E-state index contributed by atoms with van der Waals surface area (Å²) in [5.74, 6) is 1.16. The molecule has 3 heteroatoms. The summed E-state index contributed by atoms with van der Waals surface area (Å²) >= 11 is 2.04. The van der Waals surface area contributed by atoms with Crippen LogP contribution in [-0.4, -0.2) is 23.1 Å². The molecule has 0 spiro atoms. The van der Waals surface area contributed by atoms with Crippen molar-refractivity contribution in [1.82, 2.24) is 5.32 Å². The van der Waals surface area contributed by atoms with Crippen LogP contribution in [0.4, 0.5) is 4.39 Å². The van der Waals surface area contributed by atoms with Crippen LogP contribution in [0.25, 0.3) is 0 Å². The topological polar surface area (TPSA) is 12.0 Å². The van der Waals surface area contributed by atoms with E-state index >= 15 is 0 Å². The Morgan fingerprint density at radius 1 is 1.42 bits per heavy atom. The fourth-order valence-corrected chi connectivity index (χ4v) is 4.19. The molecule has 1 aromatic rings. The molecule has 2 rings (SSSR count). The highest BCUT2D eigenvalue weighted by molar-refractivity contribution is 8.00. The van der Waals surface area contributed by atoms with Gasteiger partial charge < -0.3 is 5.32 Å². The van der Waals surface area contributed by atoms with Crippen LogP contribution in [0.5, 0.6) is 0 Å². The van der Waals surface area contributed by atoms with Crippen LogP contribution in [0.15, 0.2) is 24.3 Å². The van der Waals surface area contributed by atoms with Crippen LogP contribution in [0.1, 0.15) is 38.7 Å². The Kier molecular flexibility index (Phi) is 5.28. The molecule has 0 amide bonds. The van der Waals surface area contributed by atoms with Crippen LogP contribution in [0.2, 0.25) is 0 Å². The molecule has 19 heavy (non-hydrogen) atoms. The number of rotatable bonds is 6. The lowest BCUT2D eigenvalue weighted by molar-refractivity contribution is 0.394. The van der Waals surface area contributed by atoms with Gasteiger partial charge in [-0.3, -0.25) is 0 Å². The molecule has 1 saturated heterocycles. The molecule has 2 atom stereocenters. The molecular formula is C16H24FNS. The molecule has 0 aliphatic carbocycles. The molecule has 0 bridgehead atoms. The minimum Gasteiger partial charge on any atom is -0.312 e. The van der Waals surface area contributed by atoms with Crippen molar-refractivity contribution in [3.05, 3.63) is 35.6 Å². The van der Waals surface area contributed by atoms with Gasteiger partial charge in [0.15, 0.2) is 0 Å². The average molecular weight is 281 g/mol. The molecule has 0 radical (unpaired) electrons. The lowest BCUT2D eigenvalue weighted by Gasteiger charge is -2.34. The number of halogens is 1.